The molecule has 0 radical (unpaired) electrons. The van der Waals surface area contributed by atoms with E-state index in [1.807, 2.05) is 0 Å². The molecule has 6 heteroatoms. The molecule has 0 spiro atoms. The normalized spacial score (nSPS) is 11.8. The summed E-state index contributed by atoms with van der Waals surface area (Å²) in [6.07, 6.45) is 1.41. The minimum absolute atomic E-state index is 0.523. The SMILES string of the molecule is CCn1ccc(S(=O)(=O)F)n1. The number of nitrogens with zero attached hydrogens (tertiary/aromatic N) is 2. The van der Waals surface area contributed by atoms with Crippen molar-refractivity contribution in [3.05, 3.63) is 12.3 Å². The summed E-state index contributed by atoms with van der Waals surface area (Å²) in [4.78, 5) is 0. The highest BCUT2D eigenvalue weighted by Crippen LogP contribution is 2.07. The molecule has 0 saturated heterocycles. The molecular formula is C5H7FN2O2S. The van der Waals surface area contributed by atoms with Crippen molar-refractivity contribution in [3.8, 4) is 0 Å². The van der Waals surface area contributed by atoms with E-state index in [0.717, 1.165) is 6.07 Å². The van der Waals surface area contributed by atoms with Crippen LogP contribution in [0.1, 0.15) is 6.92 Å². The van der Waals surface area contributed by atoms with E-state index in [9.17, 15) is 12.3 Å². The van der Waals surface area contributed by atoms with E-state index in [1.54, 1.807) is 6.92 Å². The summed E-state index contributed by atoms with van der Waals surface area (Å²) in [7, 11) is -4.62. The van der Waals surface area contributed by atoms with E-state index in [0.29, 0.717) is 6.54 Å². The highest BCUT2D eigenvalue weighted by molar-refractivity contribution is 7.86. The fraction of sp³-hybridized carbons (Fsp3) is 0.400. The van der Waals surface area contributed by atoms with E-state index in [2.05, 4.69) is 5.10 Å². The van der Waals surface area contributed by atoms with Gasteiger partial charge in [-0.25, -0.2) is 0 Å². The van der Waals surface area contributed by atoms with Gasteiger partial charge in [-0.05, 0) is 13.0 Å². The summed E-state index contributed by atoms with van der Waals surface area (Å²) in [5, 5.41) is 2.93. The van der Waals surface area contributed by atoms with Crippen molar-refractivity contribution < 1.29 is 12.3 Å². The molecule has 0 unspecified atom stereocenters. The average Bonchev–Trinajstić information content (AvgIpc) is 2.32. The van der Waals surface area contributed by atoms with E-state index in [-0.39, 0.29) is 0 Å². The quantitative estimate of drug-likeness (QED) is 0.622. The molecule has 1 aromatic heterocycles. The van der Waals surface area contributed by atoms with Crippen LogP contribution in [0.4, 0.5) is 3.89 Å². The van der Waals surface area contributed by atoms with Gasteiger partial charge in [-0.15, -0.1) is 0 Å². The maximum Gasteiger partial charge on any atom is 0.351 e. The average molecular weight is 178 g/mol. The summed E-state index contributed by atoms with van der Waals surface area (Å²) < 4.78 is 33.9. The van der Waals surface area contributed by atoms with E-state index >= 15 is 0 Å². The Balaban J connectivity index is 3.09. The van der Waals surface area contributed by atoms with Gasteiger partial charge in [0.05, 0.1) is 0 Å². The van der Waals surface area contributed by atoms with Crippen molar-refractivity contribution >= 4 is 10.2 Å². The van der Waals surface area contributed by atoms with Crippen LogP contribution in [0.5, 0.6) is 0 Å². The predicted octanol–water partition coefficient (Wildman–Crippen LogP) is 0.561. The molecule has 0 N–H and O–H groups in total. The molecular weight excluding hydrogens is 171 g/mol. The highest BCUT2D eigenvalue weighted by Gasteiger charge is 2.14. The molecule has 0 saturated carbocycles. The van der Waals surface area contributed by atoms with Gasteiger partial charge in [-0.1, -0.05) is 3.89 Å². The lowest BCUT2D eigenvalue weighted by molar-refractivity contribution is 0.540. The van der Waals surface area contributed by atoms with Crippen LogP contribution in [0.3, 0.4) is 0 Å². The third-order valence-electron chi connectivity index (χ3n) is 1.19. The fourth-order valence-electron chi connectivity index (χ4n) is 0.649. The second kappa shape index (κ2) is 2.61. The number of rotatable bonds is 2. The van der Waals surface area contributed by atoms with Gasteiger partial charge >= 0.3 is 10.2 Å². The first kappa shape index (κ1) is 8.19. The fourth-order valence-corrected chi connectivity index (χ4v) is 1.08. The van der Waals surface area contributed by atoms with Crippen LogP contribution in [0.2, 0.25) is 0 Å². The molecule has 0 fully saturated rings. The second-order valence-electron chi connectivity index (χ2n) is 1.95. The van der Waals surface area contributed by atoms with Crippen molar-refractivity contribution in [2.24, 2.45) is 0 Å². The van der Waals surface area contributed by atoms with Gasteiger partial charge in [0.25, 0.3) is 0 Å². The molecule has 0 aliphatic carbocycles. The van der Waals surface area contributed by atoms with Gasteiger partial charge in [-0.2, -0.15) is 13.5 Å². The molecule has 1 heterocycles. The second-order valence-corrected chi connectivity index (χ2v) is 3.24. The van der Waals surface area contributed by atoms with Crippen molar-refractivity contribution in [1.29, 1.82) is 0 Å². The minimum atomic E-state index is -4.62. The summed E-state index contributed by atoms with van der Waals surface area (Å²) in [6.45, 7) is 2.30. The molecule has 0 bridgehead atoms. The monoisotopic (exact) mass is 178 g/mol. The van der Waals surface area contributed by atoms with Crippen LogP contribution in [-0.2, 0) is 16.8 Å². The molecule has 0 aromatic carbocycles. The number of aryl methyl sites for hydroxylation is 1. The zero-order valence-electron chi connectivity index (χ0n) is 5.86. The zero-order valence-corrected chi connectivity index (χ0v) is 6.68. The van der Waals surface area contributed by atoms with E-state index in [4.69, 9.17) is 0 Å². The summed E-state index contributed by atoms with van der Waals surface area (Å²) in [5.74, 6) is 0. The standard InChI is InChI=1S/C5H7FN2O2S/c1-2-8-4-3-5(7-8)11(6,9)10/h3-4H,2H2,1H3. The molecule has 0 aliphatic heterocycles. The zero-order chi connectivity index (χ0) is 8.48. The molecule has 62 valence electrons. The van der Waals surface area contributed by atoms with Gasteiger partial charge in [0.15, 0.2) is 0 Å². The molecule has 4 nitrogen and oxygen atoms in total. The Morgan fingerprint density at radius 2 is 2.36 bits per heavy atom. The first-order chi connectivity index (χ1) is 5.04. The van der Waals surface area contributed by atoms with Crippen molar-refractivity contribution in [3.63, 3.8) is 0 Å². The Labute approximate surface area is 63.9 Å². The third kappa shape index (κ3) is 1.76. The number of halogens is 1. The smallest absolute Gasteiger partial charge is 0.272 e. The van der Waals surface area contributed by atoms with Gasteiger partial charge in [0.2, 0.25) is 5.03 Å². The van der Waals surface area contributed by atoms with E-state index < -0.39 is 15.2 Å². The number of hydrogen-bond acceptors (Lipinski definition) is 3. The Morgan fingerprint density at radius 3 is 2.64 bits per heavy atom. The Kier molecular flexibility index (Phi) is 1.95. The summed E-state index contributed by atoms with van der Waals surface area (Å²) in [6, 6.07) is 1.12. The van der Waals surface area contributed by atoms with Crippen LogP contribution >= 0.6 is 0 Å². The van der Waals surface area contributed by atoms with E-state index in [1.165, 1.54) is 10.9 Å². The maximum absolute atomic E-state index is 12.2. The third-order valence-corrected chi connectivity index (χ3v) is 1.91. The molecule has 0 aliphatic rings. The Bertz CT molecular complexity index is 343. The number of aromatic nitrogens is 2. The maximum atomic E-state index is 12.2. The molecule has 1 aromatic rings. The first-order valence-corrected chi connectivity index (χ1v) is 4.40. The highest BCUT2D eigenvalue weighted by atomic mass is 32.3. The van der Waals surface area contributed by atoms with Crippen molar-refractivity contribution in [1.82, 2.24) is 9.78 Å². The summed E-state index contributed by atoms with van der Waals surface area (Å²) in [5.41, 5.74) is 0. The molecule has 0 amide bonds. The Morgan fingerprint density at radius 1 is 1.73 bits per heavy atom. The first-order valence-electron chi connectivity index (χ1n) is 3.02. The molecule has 1 rings (SSSR count). The lowest BCUT2D eigenvalue weighted by Crippen LogP contribution is -1.98. The molecule has 0 atom stereocenters. The minimum Gasteiger partial charge on any atom is -0.272 e. The lowest BCUT2D eigenvalue weighted by atomic mass is 10.7. The van der Waals surface area contributed by atoms with Gasteiger partial charge in [0.1, 0.15) is 0 Å². The number of hydrogen-bond donors (Lipinski definition) is 0. The predicted molar refractivity (Wildman–Crippen MR) is 36.2 cm³/mol. The van der Waals surface area contributed by atoms with Crippen molar-refractivity contribution in [2.45, 2.75) is 18.5 Å². The lowest BCUT2D eigenvalue weighted by Gasteiger charge is -1.90. The van der Waals surface area contributed by atoms with Crippen LogP contribution in [0.25, 0.3) is 0 Å². The topological polar surface area (TPSA) is 52.0 Å². The summed E-state index contributed by atoms with van der Waals surface area (Å²) >= 11 is 0. The van der Waals surface area contributed by atoms with Crippen LogP contribution in [-0.4, -0.2) is 18.2 Å². The van der Waals surface area contributed by atoms with Gasteiger partial charge < -0.3 is 0 Å². The Hall–Kier alpha value is -0.910. The van der Waals surface area contributed by atoms with Crippen LogP contribution in [0, 0.1) is 0 Å². The van der Waals surface area contributed by atoms with Crippen molar-refractivity contribution in [2.75, 3.05) is 0 Å². The molecule has 11 heavy (non-hydrogen) atoms. The van der Waals surface area contributed by atoms with Crippen LogP contribution < -0.4 is 0 Å². The van der Waals surface area contributed by atoms with Gasteiger partial charge in [-0.3, -0.25) is 4.68 Å². The van der Waals surface area contributed by atoms with Gasteiger partial charge in [0, 0.05) is 12.7 Å². The largest absolute Gasteiger partial charge is 0.351 e. The van der Waals surface area contributed by atoms with Crippen LogP contribution in [0.15, 0.2) is 17.3 Å².